The molecule has 0 aromatic heterocycles. The third-order valence-corrected chi connectivity index (χ3v) is 4.02. The van der Waals surface area contributed by atoms with Crippen LogP contribution in [-0.2, 0) is 11.2 Å². The van der Waals surface area contributed by atoms with Crippen LogP contribution in [-0.4, -0.2) is 45.2 Å². The van der Waals surface area contributed by atoms with E-state index in [0.29, 0.717) is 29.9 Å². The third kappa shape index (κ3) is 6.91. The average Bonchev–Trinajstić information content (AvgIpc) is 2.72. The molecule has 0 bridgehead atoms. The van der Waals surface area contributed by atoms with Crippen LogP contribution in [0.3, 0.4) is 0 Å². The topological polar surface area (TPSA) is 85.9 Å². The summed E-state index contributed by atoms with van der Waals surface area (Å²) in [7, 11) is 1.36. The zero-order valence-electron chi connectivity index (χ0n) is 16.7. The van der Waals surface area contributed by atoms with Crippen molar-refractivity contribution in [2.24, 2.45) is 0 Å². The Labute approximate surface area is 173 Å². The molecule has 0 radical (unpaired) electrons. The first-order valence-electron chi connectivity index (χ1n) is 9.33. The standard InChI is InChI=1S/C21H24F2N2O5/c1-3-29-16-7-5-4-6-15(16)20(27)25-13-19(26)24-11-10-14-8-9-17(28-2)18(12-14)30-21(22)23/h4-9,12,21H,3,10-11,13H2,1-2H3,(H,24,26)(H,25,27). The summed E-state index contributed by atoms with van der Waals surface area (Å²) in [5, 5.41) is 5.20. The summed E-state index contributed by atoms with van der Waals surface area (Å²) in [6.45, 7) is -0.689. The van der Waals surface area contributed by atoms with E-state index >= 15 is 0 Å². The molecule has 9 heteroatoms. The highest BCUT2D eigenvalue weighted by molar-refractivity contribution is 5.98. The fourth-order valence-electron chi connectivity index (χ4n) is 2.66. The lowest BCUT2D eigenvalue weighted by molar-refractivity contribution is -0.120. The summed E-state index contributed by atoms with van der Waals surface area (Å²) in [6, 6.07) is 11.4. The second kappa shape index (κ2) is 11.6. The minimum atomic E-state index is -2.97. The fraction of sp³-hybridized carbons (Fsp3) is 0.333. The number of para-hydroxylation sites is 1. The first-order chi connectivity index (χ1) is 14.4. The van der Waals surface area contributed by atoms with E-state index in [1.54, 1.807) is 30.3 Å². The van der Waals surface area contributed by atoms with Crippen molar-refractivity contribution in [1.29, 1.82) is 0 Å². The Balaban J connectivity index is 1.82. The van der Waals surface area contributed by atoms with E-state index in [1.165, 1.54) is 19.2 Å². The molecule has 30 heavy (non-hydrogen) atoms. The van der Waals surface area contributed by atoms with Gasteiger partial charge in [0, 0.05) is 6.54 Å². The van der Waals surface area contributed by atoms with Gasteiger partial charge in [-0.2, -0.15) is 8.78 Å². The molecule has 2 rings (SSSR count). The molecule has 0 atom stereocenters. The highest BCUT2D eigenvalue weighted by Gasteiger charge is 2.14. The lowest BCUT2D eigenvalue weighted by Gasteiger charge is -2.12. The van der Waals surface area contributed by atoms with Crippen molar-refractivity contribution in [1.82, 2.24) is 10.6 Å². The number of rotatable bonds is 11. The molecule has 0 aliphatic heterocycles. The predicted octanol–water partition coefficient (Wildman–Crippen LogP) is 2.78. The van der Waals surface area contributed by atoms with Crippen LogP contribution in [0.15, 0.2) is 42.5 Å². The molecule has 7 nitrogen and oxygen atoms in total. The molecule has 2 aromatic rings. The molecule has 2 amide bonds. The molecule has 2 N–H and O–H groups in total. The largest absolute Gasteiger partial charge is 0.493 e. The number of carbonyl (C=O) groups is 2. The smallest absolute Gasteiger partial charge is 0.387 e. The number of benzene rings is 2. The maximum Gasteiger partial charge on any atom is 0.387 e. The van der Waals surface area contributed by atoms with Gasteiger partial charge in [-0.15, -0.1) is 0 Å². The molecular weight excluding hydrogens is 398 g/mol. The lowest BCUT2D eigenvalue weighted by atomic mass is 10.1. The van der Waals surface area contributed by atoms with Crippen LogP contribution in [0.2, 0.25) is 0 Å². The van der Waals surface area contributed by atoms with Crippen molar-refractivity contribution in [2.75, 3.05) is 26.8 Å². The Kier molecular flexibility index (Phi) is 8.86. The van der Waals surface area contributed by atoms with Crippen molar-refractivity contribution in [3.05, 3.63) is 53.6 Å². The van der Waals surface area contributed by atoms with Gasteiger partial charge in [-0.25, -0.2) is 0 Å². The normalized spacial score (nSPS) is 10.4. The van der Waals surface area contributed by atoms with Gasteiger partial charge < -0.3 is 24.8 Å². The van der Waals surface area contributed by atoms with Crippen molar-refractivity contribution < 1.29 is 32.6 Å². The van der Waals surface area contributed by atoms with E-state index in [0.717, 1.165) is 0 Å². The minimum Gasteiger partial charge on any atom is -0.493 e. The molecule has 0 aliphatic carbocycles. The van der Waals surface area contributed by atoms with E-state index in [2.05, 4.69) is 15.4 Å². The van der Waals surface area contributed by atoms with E-state index in [-0.39, 0.29) is 30.5 Å². The predicted molar refractivity (Wildman–Crippen MR) is 106 cm³/mol. The van der Waals surface area contributed by atoms with Crippen molar-refractivity contribution in [3.63, 3.8) is 0 Å². The van der Waals surface area contributed by atoms with Gasteiger partial charge in [-0.3, -0.25) is 9.59 Å². The van der Waals surface area contributed by atoms with Crippen LogP contribution < -0.4 is 24.8 Å². The molecule has 0 saturated carbocycles. The second-order valence-corrected chi connectivity index (χ2v) is 6.08. The molecule has 162 valence electrons. The third-order valence-electron chi connectivity index (χ3n) is 4.02. The number of hydrogen-bond donors (Lipinski definition) is 2. The van der Waals surface area contributed by atoms with Gasteiger partial charge in [0.1, 0.15) is 5.75 Å². The highest BCUT2D eigenvalue weighted by atomic mass is 19.3. The number of carbonyl (C=O) groups excluding carboxylic acids is 2. The quantitative estimate of drug-likeness (QED) is 0.582. The van der Waals surface area contributed by atoms with Gasteiger partial charge in [0.25, 0.3) is 5.91 Å². The van der Waals surface area contributed by atoms with Gasteiger partial charge >= 0.3 is 6.61 Å². The van der Waals surface area contributed by atoms with Crippen LogP contribution in [0.5, 0.6) is 17.2 Å². The average molecular weight is 422 g/mol. The van der Waals surface area contributed by atoms with Gasteiger partial charge in [0.05, 0.1) is 25.8 Å². The molecular formula is C21H24F2N2O5. The number of hydrogen-bond acceptors (Lipinski definition) is 5. The number of methoxy groups -OCH3 is 1. The molecule has 0 unspecified atom stereocenters. The Morgan fingerprint density at radius 2 is 1.80 bits per heavy atom. The van der Waals surface area contributed by atoms with Gasteiger partial charge in [0.2, 0.25) is 5.91 Å². The maximum atomic E-state index is 12.5. The highest BCUT2D eigenvalue weighted by Crippen LogP contribution is 2.29. The van der Waals surface area contributed by atoms with Crippen LogP contribution in [0, 0.1) is 0 Å². The zero-order chi connectivity index (χ0) is 21.9. The number of nitrogens with one attached hydrogen (secondary N) is 2. The monoisotopic (exact) mass is 422 g/mol. The summed E-state index contributed by atoms with van der Waals surface area (Å²) in [5.41, 5.74) is 1.03. The zero-order valence-corrected chi connectivity index (χ0v) is 16.7. The molecule has 0 saturated heterocycles. The number of ether oxygens (including phenoxy) is 3. The summed E-state index contributed by atoms with van der Waals surface area (Å²) < 4.78 is 39.8. The minimum absolute atomic E-state index is 0.0726. The molecule has 2 aromatic carbocycles. The van der Waals surface area contributed by atoms with Crippen LogP contribution >= 0.6 is 0 Å². The molecule has 0 spiro atoms. The molecule has 0 aliphatic rings. The Bertz CT molecular complexity index is 861. The van der Waals surface area contributed by atoms with Crippen molar-refractivity contribution in [2.45, 2.75) is 20.0 Å². The summed E-state index contributed by atoms with van der Waals surface area (Å²) >= 11 is 0. The summed E-state index contributed by atoms with van der Waals surface area (Å²) in [4.78, 5) is 24.3. The SMILES string of the molecule is CCOc1ccccc1C(=O)NCC(=O)NCCc1ccc(OC)c(OC(F)F)c1. The number of alkyl halides is 2. The van der Waals surface area contributed by atoms with Gasteiger partial charge in [-0.05, 0) is 43.2 Å². The van der Waals surface area contributed by atoms with Crippen LogP contribution in [0.25, 0.3) is 0 Å². The number of halogens is 2. The first-order valence-corrected chi connectivity index (χ1v) is 9.33. The van der Waals surface area contributed by atoms with Crippen molar-refractivity contribution in [3.8, 4) is 17.2 Å². The van der Waals surface area contributed by atoms with E-state index < -0.39 is 12.5 Å². The van der Waals surface area contributed by atoms with Crippen LogP contribution in [0.1, 0.15) is 22.8 Å². The second-order valence-electron chi connectivity index (χ2n) is 6.08. The number of amides is 2. The van der Waals surface area contributed by atoms with Crippen molar-refractivity contribution >= 4 is 11.8 Å². The van der Waals surface area contributed by atoms with E-state index in [4.69, 9.17) is 9.47 Å². The van der Waals surface area contributed by atoms with Gasteiger partial charge in [-0.1, -0.05) is 18.2 Å². The molecule has 0 fully saturated rings. The fourth-order valence-corrected chi connectivity index (χ4v) is 2.66. The van der Waals surface area contributed by atoms with E-state index in [1.807, 2.05) is 6.92 Å². The Morgan fingerprint density at radius 3 is 2.50 bits per heavy atom. The van der Waals surface area contributed by atoms with Crippen LogP contribution in [0.4, 0.5) is 8.78 Å². The lowest BCUT2D eigenvalue weighted by Crippen LogP contribution is -2.37. The first kappa shape index (κ1) is 22.9. The van der Waals surface area contributed by atoms with E-state index in [9.17, 15) is 18.4 Å². The summed E-state index contributed by atoms with van der Waals surface area (Å²) in [6.07, 6.45) is 0.385. The van der Waals surface area contributed by atoms with Gasteiger partial charge in [0.15, 0.2) is 11.5 Å². The Morgan fingerprint density at radius 1 is 1.03 bits per heavy atom. The molecule has 0 heterocycles. The Hall–Kier alpha value is -3.36. The summed E-state index contributed by atoms with van der Waals surface area (Å²) in [5.74, 6) is -0.234. The maximum absolute atomic E-state index is 12.5.